The number of hydrogen-bond acceptors (Lipinski definition) is 6. The Labute approximate surface area is 162 Å². The van der Waals surface area contributed by atoms with Crippen LogP contribution in [0.3, 0.4) is 0 Å². The van der Waals surface area contributed by atoms with Crippen LogP contribution >= 0.6 is 0 Å². The monoisotopic (exact) mass is 381 g/mol. The lowest BCUT2D eigenvalue weighted by molar-refractivity contribution is -0.134. The average Bonchev–Trinajstić information content (AvgIpc) is 3.37. The molecular weight excluding hydrogens is 358 g/mol. The molecule has 0 unspecified atom stereocenters. The summed E-state index contributed by atoms with van der Waals surface area (Å²) in [6.07, 6.45) is 5.69. The third-order valence-corrected chi connectivity index (χ3v) is 5.73. The second-order valence-corrected chi connectivity index (χ2v) is 7.53. The van der Waals surface area contributed by atoms with Gasteiger partial charge in [-0.3, -0.25) is 4.79 Å². The van der Waals surface area contributed by atoms with E-state index in [-0.39, 0.29) is 18.0 Å². The van der Waals surface area contributed by atoms with E-state index >= 15 is 0 Å². The Kier molecular flexibility index (Phi) is 4.07. The fraction of sp³-hybridized carbons (Fsp3) is 0.500. The maximum Gasteiger partial charge on any atom is 0.254 e. The number of fused-ring (bicyclic) bond motifs is 6. The first-order chi connectivity index (χ1) is 13.6. The molecule has 1 saturated heterocycles. The van der Waals surface area contributed by atoms with Gasteiger partial charge in [0.25, 0.3) is 5.88 Å². The Morgan fingerprint density at radius 1 is 1.36 bits per heavy atom. The first-order valence-electron chi connectivity index (χ1n) is 9.87. The van der Waals surface area contributed by atoms with E-state index in [1.165, 1.54) is 5.69 Å². The molecule has 5 heterocycles. The normalized spacial score (nSPS) is 20.6. The maximum atomic E-state index is 13.0. The summed E-state index contributed by atoms with van der Waals surface area (Å²) in [5.74, 6) is 1.31. The Morgan fingerprint density at radius 3 is 3.11 bits per heavy atom. The SMILES string of the molecule is CCOc1cc(CCC(=O)N2[C@H]3CC[C@H]2c2cnc4cc(C)nn4c2C3)on1. The average molecular weight is 381 g/mol. The molecule has 0 N–H and O–H groups in total. The van der Waals surface area contributed by atoms with Crippen LogP contribution in [0.25, 0.3) is 5.65 Å². The van der Waals surface area contributed by atoms with Gasteiger partial charge in [-0.1, -0.05) is 0 Å². The molecule has 8 heteroatoms. The van der Waals surface area contributed by atoms with Crippen molar-refractivity contribution in [1.82, 2.24) is 24.7 Å². The highest BCUT2D eigenvalue weighted by Gasteiger charge is 2.43. The van der Waals surface area contributed by atoms with Gasteiger partial charge in [0.2, 0.25) is 5.91 Å². The van der Waals surface area contributed by atoms with Crippen LogP contribution in [-0.2, 0) is 17.6 Å². The minimum absolute atomic E-state index is 0.0939. The number of ether oxygens (including phenoxy) is 1. The molecule has 146 valence electrons. The third-order valence-electron chi connectivity index (χ3n) is 5.73. The molecule has 2 aliphatic heterocycles. The zero-order chi connectivity index (χ0) is 19.3. The predicted molar refractivity (Wildman–Crippen MR) is 100 cm³/mol. The summed E-state index contributed by atoms with van der Waals surface area (Å²) >= 11 is 0. The van der Waals surface area contributed by atoms with Crippen LogP contribution in [0.5, 0.6) is 5.88 Å². The molecule has 1 amide bonds. The molecular formula is C20H23N5O3. The van der Waals surface area contributed by atoms with Gasteiger partial charge >= 0.3 is 0 Å². The van der Waals surface area contributed by atoms with Gasteiger partial charge in [0, 0.05) is 49.2 Å². The highest BCUT2D eigenvalue weighted by molar-refractivity contribution is 5.78. The van der Waals surface area contributed by atoms with Crippen molar-refractivity contribution in [2.75, 3.05) is 6.61 Å². The Morgan fingerprint density at radius 2 is 2.25 bits per heavy atom. The molecule has 28 heavy (non-hydrogen) atoms. The van der Waals surface area contributed by atoms with Crippen molar-refractivity contribution in [1.29, 1.82) is 0 Å². The van der Waals surface area contributed by atoms with Crippen molar-refractivity contribution in [3.8, 4) is 5.88 Å². The Balaban J connectivity index is 1.35. The topological polar surface area (TPSA) is 85.8 Å². The maximum absolute atomic E-state index is 13.0. The second kappa shape index (κ2) is 6.61. The number of rotatable bonds is 5. The van der Waals surface area contributed by atoms with Crippen LogP contribution in [0, 0.1) is 6.92 Å². The van der Waals surface area contributed by atoms with Crippen LogP contribution in [0.15, 0.2) is 22.9 Å². The molecule has 8 nitrogen and oxygen atoms in total. The van der Waals surface area contributed by atoms with Crippen LogP contribution in [0.2, 0.25) is 0 Å². The molecule has 3 aromatic heterocycles. The van der Waals surface area contributed by atoms with E-state index in [0.29, 0.717) is 31.1 Å². The van der Waals surface area contributed by atoms with Gasteiger partial charge in [0.1, 0.15) is 5.76 Å². The van der Waals surface area contributed by atoms with E-state index in [1.807, 2.05) is 30.6 Å². The summed E-state index contributed by atoms with van der Waals surface area (Å²) in [7, 11) is 0. The summed E-state index contributed by atoms with van der Waals surface area (Å²) in [4.78, 5) is 19.7. The first-order valence-corrected chi connectivity index (χ1v) is 9.87. The molecule has 0 aromatic carbocycles. The van der Waals surface area contributed by atoms with E-state index in [4.69, 9.17) is 9.26 Å². The van der Waals surface area contributed by atoms with E-state index in [9.17, 15) is 4.79 Å². The summed E-state index contributed by atoms with van der Waals surface area (Å²) in [6, 6.07) is 4.08. The number of aryl methyl sites for hydroxylation is 2. The lowest BCUT2D eigenvalue weighted by Gasteiger charge is -2.36. The molecule has 1 fully saturated rings. The van der Waals surface area contributed by atoms with Gasteiger partial charge in [0.05, 0.1) is 24.0 Å². The van der Waals surface area contributed by atoms with Crippen molar-refractivity contribution in [3.05, 3.63) is 41.0 Å². The van der Waals surface area contributed by atoms with Gasteiger partial charge in [-0.05, 0) is 31.8 Å². The van der Waals surface area contributed by atoms with E-state index in [2.05, 4.69) is 20.1 Å². The lowest BCUT2D eigenvalue weighted by atomic mass is 9.98. The lowest BCUT2D eigenvalue weighted by Crippen LogP contribution is -2.42. The fourth-order valence-electron chi connectivity index (χ4n) is 4.57. The molecule has 2 aliphatic rings. The minimum atomic E-state index is 0.0939. The second-order valence-electron chi connectivity index (χ2n) is 7.53. The zero-order valence-electron chi connectivity index (χ0n) is 16.1. The van der Waals surface area contributed by atoms with Crippen molar-refractivity contribution in [2.24, 2.45) is 0 Å². The number of carbonyl (C=O) groups is 1. The molecule has 0 saturated carbocycles. The van der Waals surface area contributed by atoms with E-state index in [0.717, 1.165) is 36.2 Å². The molecule has 0 radical (unpaired) electrons. The van der Waals surface area contributed by atoms with E-state index < -0.39 is 0 Å². The van der Waals surface area contributed by atoms with Crippen LogP contribution in [-0.4, -0.2) is 43.2 Å². The Hall–Kier alpha value is -2.90. The number of nitrogens with zero attached hydrogens (tertiary/aromatic N) is 5. The van der Waals surface area contributed by atoms with E-state index in [1.54, 1.807) is 6.07 Å². The number of hydrogen-bond donors (Lipinski definition) is 0. The third kappa shape index (κ3) is 2.75. The summed E-state index contributed by atoms with van der Waals surface area (Å²) in [5.41, 5.74) is 4.18. The highest BCUT2D eigenvalue weighted by Crippen LogP contribution is 2.43. The first kappa shape index (κ1) is 17.2. The van der Waals surface area contributed by atoms with Crippen molar-refractivity contribution in [3.63, 3.8) is 0 Å². The Bertz CT molecular complexity index is 1040. The zero-order valence-corrected chi connectivity index (χ0v) is 16.1. The summed E-state index contributed by atoms with van der Waals surface area (Å²) in [5, 5.41) is 8.47. The number of amides is 1. The highest BCUT2D eigenvalue weighted by atomic mass is 16.5. The van der Waals surface area contributed by atoms with Gasteiger partial charge in [-0.15, -0.1) is 0 Å². The molecule has 2 bridgehead atoms. The molecule has 3 aromatic rings. The molecule has 2 atom stereocenters. The van der Waals surface area contributed by atoms with Gasteiger partial charge < -0.3 is 14.2 Å². The van der Waals surface area contributed by atoms with Gasteiger partial charge in [-0.25, -0.2) is 9.50 Å². The van der Waals surface area contributed by atoms with Crippen LogP contribution < -0.4 is 4.74 Å². The van der Waals surface area contributed by atoms with Gasteiger partial charge in [0.15, 0.2) is 5.65 Å². The molecule has 0 spiro atoms. The van der Waals surface area contributed by atoms with Crippen molar-refractivity contribution < 1.29 is 14.1 Å². The van der Waals surface area contributed by atoms with Gasteiger partial charge in [-0.2, -0.15) is 5.10 Å². The van der Waals surface area contributed by atoms with Crippen LogP contribution in [0.1, 0.15) is 54.9 Å². The standard InChI is InChI=1S/C20H23N5O3/c1-3-27-19-10-14(28-23-19)5-7-20(26)24-13-4-6-16(24)15-11-21-18-8-12(2)22-25(18)17(15)9-13/h8,10-11,13,16H,3-7,9H2,1-2H3/t13-,16-/m0/s1. The summed E-state index contributed by atoms with van der Waals surface area (Å²) in [6.45, 7) is 4.42. The molecule has 5 rings (SSSR count). The minimum Gasteiger partial charge on any atom is -0.476 e. The van der Waals surface area contributed by atoms with Crippen molar-refractivity contribution in [2.45, 2.75) is 58.0 Å². The van der Waals surface area contributed by atoms with Crippen molar-refractivity contribution >= 4 is 11.6 Å². The fourth-order valence-corrected chi connectivity index (χ4v) is 4.57. The van der Waals surface area contributed by atoms with Crippen LogP contribution in [0.4, 0.5) is 0 Å². The smallest absolute Gasteiger partial charge is 0.254 e. The number of aromatic nitrogens is 4. The summed E-state index contributed by atoms with van der Waals surface area (Å²) < 4.78 is 12.5. The predicted octanol–water partition coefficient (Wildman–Crippen LogP) is 2.65. The molecule has 0 aliphatic carbocycles. The quantitative estimate of drug-likeness (QED) is 0.675. The number of carbonyl (C=O) groups excluding carboxylic acids is 1. The largest absolute Gasteiger partial charge is 0.476 e.